The van der Waals surface area contributed by atoms with Crippen LogP contribution in [0, 0.1) is 6.92 Å². The molecule has 0 spiro atoms. The van der Waals surface area contributed by atoms with E-state index < -0.39 is 5.83 Å². The lowest BCUT2D eigenvalue weighted by Gasteiger charge is -2.25. The van der Waals surface area contributed by atoms with Gasteiger partial charge in [-0.05, 0) is 44.1 Å². The van der Waals surface area contributed by atoms with E-state index >= 15 is 0 Å². The van der Waals surface area contributed by atoms with Crippen LogP contribution in [0.5, 0.6) is 0 Å². The highest BCUT2D eigenvalue weighted by Gasteiger charge is 2.25. The zero-order valence-corrected chi connectivity index (χ0v) is 17.0. The number of aromatic nitrogens is 6. The summed E-state index contributed by atoms with van der Waals surface area (Å²) >= 11 is 0. The topological polar surface area (TPSA) is 83.8 Å². The van der Waals surface area contributed by atoms with E-state index in [1.807, 2.05) is 19.1 Å². The van der Waals surface area contributed by atoms with Crippen molar-refractivity contribution in [3.05, 3.63) is 60.8 Å². The van der Waals surface area contributed by atoms with Crippen molar-refractivity contribution in [2.45, 2.75) is 25.8 Å². The molecule has 1 saturated heterocycles. The maximum Gasteiger partial charge on any atom is 0.237 e. The highest BCUT2D eigenvalue weighted by atomic mass is 19.1. The number of imidazole rings is 2. The van der Waals surface area contributed by atoms with Crippen molar-refractivity contribution in [1.82, 2.24) is 29.1 Å². The normalized spacial score (nSPS) is 15.3. The van der Waals surface area contributed by atoms with Crippen LogP contribution in [-0.4, -0.2) is 42.3 Å². The fourth-order valence-electron chi connectivity index (χ4n) is 3.73. The Balaban J connectivity index is 1.61. The van der Waals surface area contributed by atoms with Gasteiger partial charge < -0.3 is 13.7 Å². The van der Waals surface area contributed by atoms with Crippen molar-refractivity contribution in [2.24, 2.45) is 0 Å². The van der Waals surface area contributed by atoms with Gasteiger partial charge in [0.1, 0.15) is 23.4 Å². The number of hydrogen-bond donors (Lipinski definition) is 0. The Kier molecular flexibility index (Phi) is 4.95. The Bertz CT molecular complexity index is 1280. The molecular weight excluding hydrogens is 399 g/mol. The van der Waals surface area contributed by atoms with Crippen molar-refractivity contribution in [2.75, 3.05) is 13.2 Å². The minimum Gasteiger partial charge on any atom is -0.458 e. The molecule has 4 aromatic rings. The molecule has 8 nitrogen and oxygen atoms in total. The van der Waals surface area contributed by atoms with Crippen molar-refractivity contribution in [3.63, 3.8) is 0 Å². The Hall–Kier alpha value is -3.59. The summed E-state index contributed by atoms with van der Waals surface area (Å²) < 4.78 is 28.1. The third-order valence-corrected chi connectivity index (χ3v) is 5.21. The van der Waals surface area contributed by atoms with Gasteiger partial charge in [0.2, 0.25) is 5.95 Å². The van der Waals surface area contributed by atoms with E-state index in [1.54, 1.807) is 29.4 Å². The summed E-state index contributed by atoms with van der Waals surface area (Å²) in [7, 11) is 0. The lowest BCUT2D eigenvalue weighted by atomic mass is 10.1. The average Bonchev–Trinajstić information content (AvgIpc) is 3.50. The van der Waals surface area contributed by atoms with E-state index in [-0.39, 0.29) is 6.04 Å². The van der Waals surface area contributed by atoms with Crippen LogP contribution in [0.25, 0.3) is 34.8 Å². The quantitative estimate of drug-likeness (QED) is 0.444. The number of hydrogen-bond acceptors (Lipinski definition) is 6. The Morgan fingerprint density at radius 2 is 2.06 bits per heavy atom. The first kappa shape index (κ1) is 19.4. The molecule has 1 fully saturated rings. The molecule has 31 heavy (non-hydrogen) atoms. The number of ether oxygens (including phenoxy) is 1. The summed E-state index contributed by atoms with van der Waals surface area (Å²) in [5.41, 5.74) is 1.99. The minimum absolute atomic E-state index is 0.193. The molecular formula is C22H21FN6O2. The van der Waals surface area contributed by atoms with E-state index in [4.69, 9.17) is 19.1 Å². The summed E-state index contributed by atoms with van der Waals surface area (Å²) in [5.74, 6) is 2.17. The van der Waals surface area contributed by atoms with E-state index in [9.17, 15) is 4.39 Å². The second-order valence-corrected chi connectivity index (χ2v) is 7.42. The summed E-state index contributed by atoms with van der Waals surface area (Å²) in [6.07, 6.45) is 9.55. The third-order valence-electron chi connectivity index (χ3n) is 5.21. The molecule has 0 amide bonds. The first-order valence-electron chi connectivity index (χ1n) is 10.0. The van der Waals surface area contributed by atoms with Crippen LogP contribution in [0.4, 0.5) is 4.39 Å². The van der Waals surface area contributed by atoms with Gasteiger partial charge in [-0.25, -0.2) is 19.3 Å². The predicted octanol–water partition coefficient (Wildman–Crippen LogP) is 4.43. The largest absolute Gasteiger partial charge is 0.458 e. The molecule has 1 aliphatic rings. The minimum atomic E-state index is -0.534. The SMILES string of the molecule is C=C(F)/C=C\c1cn(-c2ncc3nc(-c4ccc(C)o4)n(C4CCOCC4)c3n2)cn1. The van der Waals surface area contributed by atoms with Gasteiger partial charge >= 0.3 is 0 Å². The number of furan rings is 1. The second-order valence-electron chi connectivity index (χ2n) is 7.42. The van der Waals surface area contributed by atoms with Crippen LogP contribution < -0.4 is 0 Å². The standard InChI is InChI=1S/C22H21FN6O2/c1-14(23)3-5-16-12-28(13-25-16)22-24-11-18-20(27-22)29(17-7-9-30-10-8-17)21(26-18)19-6-4-15(2)31-19/h3-6,11-13,17H,1,7-10H2,2H3/b5-3-. The number of aryl methyl sites for hydroxylation is 1. The molecule has 1 aliphatic heterocycles. The van der Waals surface area contributed by atoms with Crippen molar-refractivity contribution < 1.29 is 13.5 Å². The predicted molar refractivity (Wildman–Crippen MR) is 113 cm³/mol. The average molecular weight is 420 g/mol. The zero-order chi connectivity index (χ0) is 21.4. The molecule has 0 atom stereocenters. The van der Waals surface area contributed by atoms with Crippen LogP contribution in [0.2, 0.25) is 0 Å². The van der Waals surface area contributed by atoms with Crippen molar-refractivity contribution in [1.29, 1.82) is 0 Å². The molecule has 9 heteroatoms. The molecule has 158 valence electrons. The van der Waals surface area contributed by atoms with Gasteiger partial charge in [-0.2, -0.15) is 4.98 Å². The molecule has 0 bridgehead atoms. The summed E-state index contributed by atoms with van der Waals surface area (Å²) in [6.45, 7) is 6.50. The van der Waals surface area contributed by atoms with Gasteiger partial charge in [-0.15, -0.1) is 0 Å². The Morgan fingerprint density at radius 3 is 2.81 bits per heavy atom. The van der Waals surface area contributed by atoms with E-state index in [0.717, 1.165) is 30.1 Å². The number of halogens is 1. The second kappa shape index (κ2) is 7.92. The van der Waals surface area contributed by atoms with Crippen LogP contribution in [0.15, 0.2) is 53.8 Å². The van der Waals surface area contributed by atoms with Gasteiger partial charge in [-0.3, -0.25) is 4.57 Å². The Morgan fingerprint density at radius 1 is 1.23 bits per heavy atom. The summed E-state index contributed by atoms with van der Waals surface area (Å²) in [5, 5.41) is 0. The van der Waals surface area contributed by atoms with Crippen LogP contribution in [-0.2, 0) is 4.74 Å². The van der Waals surface area contributed by atoms with Gasteiger partial charge in [0.25, 0.3) is 0 Å². The van der Waals surface area contributed by atoms with Crippen LogP contribution in [0.3, 0.4) is 0 Å². The van der Waals surface area contributed by atoms with Crippen molar-refractivity contribution in [3.8, 4) is 17.5 Å². The highest BCUT2D eigenvalue weighted by Crippen LogP contribution is 2.33. The highest BCUT2D eigenvalue weighted by molar-refractivity contribution is 5.76. The van der Waals surface area contributed by atoms with Gasteiger partial charge in [-0.1, -0.05) is 6.58 Å². The number of rotatable bonds is 5. The molecule has 0 saturated carbocycles. The molecule has 5 heterocycles. The summed E-state index contributed by atoms with van der Waals surface area (Å²) in [6, 6.07) is 4.04. The first-order valence-corrected chi connectivity index (χ1v) is 10.0. The molecule has 0 radical (unpaired) electrons. The van der Waals surface area contributed by atoms with Crippen LogP contribution >= 0.6 is 0 Å². The molecule has 5 rings (SSSR count). The molecule has 4 aromatic heterocycles. The summed E-state index contributed by atoms with van der Waals surface area (Å²) in [4.78, 5) is 18.3. The van der Waals surface area contributed by atoms with Crippen LogP contribution in [0.1, 0.15) is 30.3 Å². The number of fused-ring (bicyclic) bond motifs is 1. The fraction of sp³-hybridized carbons (Fsp3) is 0.273. The van der Waals surface area contributed by atoms with Gasteiger partial charge in [0.05, 0.1) is 11.9 Å². The van der Waals surface area contributed by atoms with Gasteiger partial charge in [0.15, 0.2) is 17.2 Å². The molecule has 0 aromatic carbocycles. The monoisotopic (exact) mass is 420 g/mol. The molecule has 0 aliphatic carbocycles. The third kappa shape index (κ3) is 3.79. The fourth-order valence-corrected chi connectivity index (χ4v) is 3.73. The lowest BCUT2D eigenvalue weighted by Crippen LogP contribution is -2.20. The molecule has 0 N–H and O–H groups in total. The van der Waals surface area contributed by atoms with Gasteiger partial charge in [0, 0.05) is 25.5 Å². The van der Waals surface area contributed by atoms with E-state index in [1.165, 1.54) is 6.08 Å². The smallest absolute Gasteiger partial charge is 0.237 e. The number of nitrogens with zero attached hydrogens (tertiary/aromatic N) is 6. The number of allylic oxidation sites excluding steroid dienone is 2. The zero-order valence-electron chi connectivity index (χ0n) is 17.0. The maximum atomic E-state index is 12.9. The lowest BCUT2D eigenvalue weighted by molar-refractivity contribution is 0.0707. The van der Waals surface area contributed by atoms with Crippen molar-refractivity contribution >= 4 is 17.2 Å². The van der Waals surface area contributed by atoms with E-state index in [2.05, 4.69) is 21.1 Å². The Labute approximate surface area is 177 Å². The molecule has 0 unspecified atom stereocenters. The first-order chi connectivity index (χ1) is 15.1. The van der Waals surface area contributed by atoms with E-state index in [0.29, 0.717) is 36.1 Å². The maximum absolute atomic E-state index is 12.9.